The molecule has 0 aliphatic heterocycles. The van der Waals surface area contributed by atoms with E-state index in [-0.39, 0.29) is 5.76 Å². The second-order valence-corrected chi connectivity index (χ2v) is 6.09. The van der Waals surface area contributed by atoms with E-state index in [0.717, 1.165) is 0 Å². The second kappa shape index (κ2) is 3.73. The average Bonchev–Trinajstić information content (AvgIpc) is 1.99. The van der Waals surface area contributed by atoms with Crippen molar-refractivity contribution in [2.24, 2.45) is 0 Å². The van der Waals surface area contributed by atoms with Gasteiger partial charge in [0.2, 0.25) is 0 Å². The first-order chi connectivity index (χ1) is 5.37. The van der Waals surface area contributed by atoms with Crippen LogP contribution in [0.3, 0.4) is 0 Å². The van der Waals surface area contributed by atoms with Crippen molar-refractivity contribution in [3.63, 3.8) is 0 Å². The minimum Gasteiger partial charge on any atom is -0.507 e. The van der Waals surface area contributed by atoms with Crippen LogP contribution in [0.1, 0.15) is 0 Å². The lowest BCUT2D eigenvalue weighted by Gasteiger charge is -2.30. The SMILES string of the molecule is OC1=C(Br)C(Br)C(O)(Br)C(Br)=C1. The van der Waals surface area contributed by atoms with Gasteiger partial charge in [-0.15, -0.1) is 0 Å². The second-order valence-electron chi connectivity index (χ2n) is 2.26. The van der Waals surface area contributed by atoms with E-state index in [0.29, 0.717) is 8.96 Å². The van der Waals surface area contributed by atoms with Crippen molar-refractivity contribution in [3.8, 4) is 0 Å². The normalized spacial score (nSPS) is 36.8. The summed E-state index contributed by atoms with van der Waals surface area (Å²) in [5.74, 6) is 0.0906. The van der Waals surface area contributed by atoms with Crippen molar-refractivity contribution in [1.29, 1.82) is 0 Å². The van der Waals surface area contributed by atoms with E-state index >= 15 is 0 Å². The minimum atomic E-state index is -1.21. The first-order valence-electron chi connectivity index (χ1n) is 2.89. The number of alkyl halides is 2. The number of rotatable bonds is 0. The first kappa shape index (κ1) is 11.2. The summed E-state index contributed by atoms with van der Waals surface area (Å²) < 4.78 is -0.236. The summed E-state index contributed by atoms with van der Waals surface area (Å²) in [6.45, 7) is 0. The molecule has 0 aromatic heterocycles. The maximum Gasteiger partial charge on any atom is 0.168 e. The van der Waals surface area contributed by atoms with Crippen LogP contribution in [0.15, 0.2) is 20.8 Å². The van der Waals surface area contributed by atoms with Crippen LogP contribution in [-0.4, -0.2) is 19.6 Å². The highest BCUT2D eigenvalue weighted by molar-refractivity contribution is 9.16. The molecule has 1 rings (SSSR count). The fourth-order valence-electron chi connectivity index (χ4n) is 0.709. The van der Waals surface area contributed by atoms with Crippen molar-refractivity contribution >= 4 is 63.7 Å². The monoisotopic (exact) mass is 424 g/mol. The molecule has 68 valence electrons. The largest absolute Gasteiger partial charge is 0.507 e. The molecule has 0 amide bonds. The Morgan fingerprint density at radius 2 is 1.92 bits per heavy atom. The lowest BCUT2D eigenvalue weighted by Crippen LogP contribution is -2.35. The summed E-state index contributed by atoms with van der Waals surface area (Å²) in [7, 11) is 0. The molecular formula is C6H4Br4O2. The van der Waals surface area contributed by atoms with E-state index in [1.54, 1.807) is 0 Å². The molecule has 12 heavy (non-hydrogen) atoms. The number of aliphatic hydroxyl groups is 2. The predicted octanol–water partition coefficient (Wildman–Crippen LogP) is 3.29. The van der Waals surface area contributed by atoms with Crippen LogP contribution in [0.4, 0.5) is 0 Å². The standard InChI is InChI=1S/C6H4Br4O2/c7-3-1-2(11)4(8)5(9)6(3,10)12/h1,5,11-12H. The molecule has 2 nitrogen and oxygen atoms in total. The van der Waals surface area contributed by atoms with Gasteiger partial charge in [0.05, 0.1) is 9.31 Å². The average molecular weight is 428 g/mol. The number of hydrogen-bond acceptors (Lipinski definition) is 2. The Labute approximate surface area is 103 Å². The van der Waals surface area contributed by atoms with E-state index < -0.39 is 9.34 Å². The maximum absolute atomic E-state index is 9.78. The number of hydrogen-bond donors (Lipinski definition) is 2. The van der Waals surface area contributed by atoms with Gasteiger partial charge in [-0.25, -0.2) is 0 Å². The Hall–Kier alpha value is 1.16. The third-order valence-electron chi connectivity index (χ3n) is 1.40. The van der Waals surface area contributed by atoms with Gasteiger partial charge >= 0.3 is 0 Å². The molecule has 0 saturated heterocycles. The van der Waals surface area contributed by atoms with Crippen LogP contribution < -0.4 is 0 Å². The van der Waals surface area contributed by atoms with Crippen molar-refractivity contribution in [3.05, 3.63) is 20.8 Å². The zero-order valence-corrected chi connectivity index (χ0v) is 11.9. The maximum atomic E-state index is 9.78. The van der Waals surface area contributed by atoms with Gasteiger partial charge in [0.15, 0.2) is 4.51 Å². The lowest BCUT2D eigenvalue weighted by atomic mass is 10.1. The Bertz CT molecular complexity index is 269. The topological polar surface area (TPSA) is 40.5 Å². The molecule has 0 aromatic carbocycles. The van der Waals surface area contributed by atoms with Gasteiger partial charge in [-0.1, -0.05) is 47.8 Å². The van der Waals surface area contributed by atoms with Crippen molar-refractivity contribution in [2.75, 3.05) is 0 Å². The molecular weight excluding hydrogens is 424 g/mol. The zero-order valence-electron chi connectivity index (χ0n) is 5.56. The molecule has 1 aliphatic carbocycles. The van der Waals surface area contributed by atoms with Gasteiger partial charge in [-0.2, -0.15) is 0 Å². The van der Waals surface area contributed by atoms with Gasteiger partial charge < -0.3 is 10.2 Å². The highest BCUT2D eigenvalue weighted by Crippen LogP contribution is 2.45. The fraction of sp³-hybridized carbons (Fsp3) is 0.333. The number of allylic oxidation sites excluding steroid dienone is 1. The van der Waals surface area contributed by atoms with Crippen LogP contribution in [0.25, 0.3) is 0 Å². The molecule has 1 aliphatic rings. The zero-order chi connectivity index (χ0) is 9.52. The third kappa shape index (κ3) is 1.82. The van der Waals surface area contributed by atoms with E-state index in [1.165, 1.54) is 6.08 Å². The van der Waals surface area contributed by atoms with Crippen LogP contribution in [-0.2, 0) is 0 Å². The smallest absolute Gasteiger partial charge is 0.168 e. The molecule has 2 N–H and O–H groups in total. The van der Waals surface area contributed by atoms with Gasteiger partial charge in [0, 0.05) is 4.48 Å². The van der Waals surface area contributed by atoms with E-state index in [4.69, 9.17) is 0 Å². The van der Waals surface area contributed by atoms with Crippen molar-refractivity contribution < 1.29 is 10.2 Å². The van der Waals surface area contributed by atoms with E-state index in [2.05, 4.69) is 63.7 Å². The molecule has 0 bridgehead atoms. The summed E-state index contributed by atoms with van der Waals surface area (Å²) in [6, 6.07) is 0. The Kier molecular flexibility index (Phi) is 3.49. The summed E-state index contributed by atoms with van der Waals surface area (Å²) in [4.78, 5) is -0.413. The summed E-state index contributed by atoms with van der Waals surface area (Å²) in [5, 5.41) is 19.1. The van der Waals surface area contributed by atoms with Gasteiger partial charge in [0.25, 0.3) is 0 Å². The Morgan fingerprint density at radius 1 is 1.42 bits per heavy atom. The Morgan fingerprint density at radius 3 is 2.42 bits per heavy atom. The van der Waals surface area contributed by atoms with Crippen LogP contribution in [0.2, 0.25) is 0 Å². The number of halogens is 4. The van der Waals surface area contributed by atoms with Gasteiger partial charge in [0.1, 0.15) is 5.76 Å². The fourth-order valence-corrected chi connectivity index (χ4v) is 3.04. The molecule has 6 heteroatoms. The third-order valence-corrected chi connectivity index (χ3v) is 6.87. The quantitative estimate of drug-likeness (QED) is 0.583. The van der Waals surface area contributed by atoms with Gasteiger partial charge in [-0.05, 0) is 22.0 Å². The minimum absolute atomic E-state index is 0.0906. The summed E-state index contributed by atoms with van der Waals surface area (Å²) in [5.41, 5.74) is 0. The van der Waals surface area contributed by atoms with E-state index in [9.17, 15) is 10.2 Å². The molecule has 2 atom stereocenters. The molecule has 0 aromatic rings. The van der Waals surface area contributed by atoms with E-state index in [1.807, 2.05) is 0 Å². The molecule has 0 heterocycles. The number of aliphatic hydroxyl groups excluding tert-OH is 1. The molecule has 2 unspecified atom stereocenters. The highest BCUT2D eigenvalue weighted by atomic mass is 79.9. The molecule has 0 saturated carbocycles. The van der Waals surface area contributed by atoms with Crippen LogP contribution in [0, 0.1) is 0 Å². The first-order valence-corrected chi connectivity index (χ1v) is 6.18. The molecule has 0 radical (unpaired) electrons. The van der Waals surface area contributed by atoms with Crippen LogP contribution in [0.5, 0.6) is 0 Å². The highest BCUT2D eigenvalue weighted by Gasteiger charge is 2.41. The van der Waals surface area contributed by atoms with Crippen molar-refractivity contribution in [2.45, 2.75) is 9.34 Å². The van der Waals surface area contributed by atoms with Crippen LogP contribution >= 0.6 is 63.7 Å². The summed E-state index contributed by atoms with van der Waals surface area (Å²) >= 11 is 12.6. The lowest BCUT2D eigenvalue weighted by molar-refractivity contribution is 0.197. The summed E-state index contributed by atoms with van der Waals surface area (Å²) in [6.07, 6.45) is 1.43. The predicted molar refractivity (Wildman–Crippen MR) is 62.2 cm³/mol. The van der Waals surface area contributed by atoms with Crippen molar-refractivity contribution in [1.82, 2.24) is 0 Å². The molecule has 0 fully saturated rings. The Balaban J connectivity index is 3.16. The molecule has 0 spiro atoms. The van der Waals surface area contributed by atoms with Gasteiger partial charge in [-0.3, -0.25) is 0 Å².